The molecule has 2 heterocycles. The Balaban J connectivity index is 1.95. The van der Waals surface area contributed by atoms with Crippen molar-refractivity contribution in [3.8, 4) is 0 Å². The van der Waals surface area contributed by atoms with E-state index in [1.807, 2.05) is 18.4 Å². The zero-order valence-corrected chi connectivity index (χ0v) is 13.2. The molecule has 3 nitrogen and oxygen atoms in total. The number of thiophene rings is 1. The van der Waals surface area contributed by atoms with Crippen molar-refractivity contribution < 1.29 is 4.39 Å². The highest BCUT2D eigenvalue weighted by atomic mass is 32.2. The summed E-state index contributed by atoms with van der Waals surface area (Å²) in [6, 6.07) is 8.26. The average Bonchev–Trinajstić information content (AvgIpc) is 2.93. The summed E-state index contributed by atoms with van der Waals surface area (Å²) >= 11 is 2.90. The summed E-state index contributed by atoms with van der Waals surface area (Å²) in [7, 11) is 1.73. The van der Waals surface area contributed by atoms with Crippen molar-refractivity contribution in [2.75, 3.05) is 0 Å². The molecule has 0 saturated carbocycles. The molecule has 1 atom stereocenters. The van der Waals surface area contributed by atoms with Gasteiger partial charge in [0.15, 0.2) is 5.16 Å². The Morgan fingerprint density at radius 2 is 2.00 bits per heavy atom. The van der Waals surface area contributed by atoms with Crippen LogP contribution in [0.1, 0.15) is 17.7 Å². The van der Waals surface area contributed by atoms with Gasteiger partial charge in [0.1, 0.15) is 10.5 Å². The van der Waals surface area contributed by atoms with Crippen LogP contribution >= 0.6 is 23.1 Å². The molecule has 0 aliphatic rings. The molecule has 0 bridgehead atoms. The number of hydrogen-bond donors (Lipinski definition) is 0. The van der Waals surface area contributed by atoms with E-state index >= 15 is 0 Å². The minimum atomic E-state index is -0.249. The molecular formula is C15H13FN2OS2. The molecule has 0 aliphatic heterocycles. The van der Waals surface area contributed by atoms with Crippen molar-refractivity contribution in [3.63, 3.8) is 0 Å². The highest BCUT2D eigenvalue weighted by molar-refractivity contribution is 7.99. The fourth-order valence-corrected chi connectivity index (χ4v) is 3.84. The van der Waals surface area contributed by atoms with E-state index in [1.165, 1.54) is 35.2 Å². The second-order valence-electron chi connectivity index (χ2n) is 4.71. The van der Waals surface area contributed by atoms with Crippen molar-refractivity contribution in [2.24, 2.45) is 7.05 Å². The summed E-state index contributed by atoms with van der Waals surface area (Å²) < 4.78 is 15.2. The summed E-state index contributed by atoms with van der Waals surface area (Å²) in [4.78, 5) is 16.8. The lowest BCUT2D eigenvalue weighted by molar-refractivity contribution is 0.627. The minimum absolute atomic E-state index is 0.0243. The number of thioether (sulfide) groups is 1. The summed E-state index contributed by atoms with van der Waals surface area (Å²) in [5.74, 6) is -0.249. The molecule has 2 aromatic heterocycles. The Labute approximate surface area is 129 Å². The van der Waals surface area contributed by atoms with Crippen molar-refractivity contribution >= 4 is 33.3 Å². The lowest BCUT2D eigenvalue weighted by Gasteiger charge is -2.13. The number of rotatable bonds is 3. The monoisotopic (exact) mass is 320 g/mol. The third kappa shape index (κ3) is 2.73. The molecular weight excluding hydrogens is 307 g/mol. The maximum absolute atomic E-state index is 13.0. The number of fused-ring (bicyclic) bond motifs is 1. The van der Waals surface area contributed by atoms with Gasteiger partial charge in [-0.05, 0) is 36.1 Å². The Morgan fingerprint density at radius 3 is 2.71 bits per heavy atom. The summed E-state index contributed by atoms with van der Waals surface area (Å²) in [5.41, 5.74) is 1.71. The van der Waals surface area contributed by atoms with Crippen LogP contribution in [0.5, 0.6) is 0 Å². The van der Waals surface area contributed by atoms with E-state index in [0.717, 1.165) is 11.1 Å². The van der Waals surface area contributed by atoms with Gasteiger partial charge in [0.2, 0.25) is 0 Å². The molecule has 0 N–H and O–H groups in total. The van der Waals surface area contributed by atoms with Crippen LogP contribution < -0.4 is 5.56 Å². The van der Waals surface area contributed by atoms with Crippen LogP contribution in [-0.2, 0) is 7.05 Å². The predicted octanol–water partition coefficient (Wildman–Crippen LogP) is 3.99. The van der Waals surface area contributed by atoms with E-state index in [9.17, 15) is 9.18 Å². The van der Waals surface area contributed by atoms with Gasteiger partial charge in [-0.25, -0.2) is 9.37 Å². The van der Waals surface area contributed by atoms with Crippen LogP contribution in [0.15, 0.2) is 45.7 Å². The highest BCUT2D eigenvalue weighted by Gasteiger charge is 2.14. The first-order chi connectivity index (χ1) is 10.1. The molecule has 0 aliphatic carbocycles. The maximum Gasteiger partial charge on any atom is 0.271 e. The number of aromatic nitrogens is 2. The van der Waals surface area contributed by atoms with Crippen LogP contribution in [0.3, 0.4) is 0 Å². The SMILES string of the molecule is C[C@@H](Sc1nc2ccsc2c(=O)n1C)c1ccc(F)cc1. The molecule has 0 fully saturated rings. The van der Waals surface area contributed by atoms with E-state index in [-0.39, 0.29) is 16.6 Å². The summed E-state index contributed by atoms with van der Waals surface area (Å²) in [6.45, 7) is 2.02. The van der Waals surface area contributed by atoms with Gasteiger partial charge in [0.25, 0.3) is 5.56 Å². The first kappa shape index (κ1) is 14.3. The molecule has 0 spiro atoms. The molecule has 3 rings (SSSR count). The second kappa shape index (κ2) is 5.61. The smallest absolute Gasteiger partial charge is 0.271 e. The Bertz CT molecular complexity index is 839. The average molecular weight is 320 g/mol. The van der Waals surface area contributed by atoms with Crippen LogP contribution in [0, 0.1) is 5.82 Å². The van der Waals surface area contributed by atoms with Crippen molar-refractivity contribution in [3.05, 3.63) is 57.4 Å². The van der Waals surface area contributed by atoms with Gasteiger partial charge in [0.05, 0.1) is 5.52 Å². The van der Waals surface area contributed by atoms with Gasteiger partial charge in [-0.1, -0.05) is 23.9 Å². The second-order valence-corrected chi connectivity index (χ2v) is 6.93. The third-order valence-corrected chi connectivity index (χ3v) is 5.36. The maximum atomic E-state index is 13.0. The number of hydrogen-bond acceptors (Lipinski definition) is 4. The molecule has 3 aromatic rings. The van der Waals surface area contributed by atoms with E-state index in [4.69, 9.17) is 0 Å². The van der Waals surface area contributed by atoms with Crippen LogP contribution in [0.2, 0.25) is 0 Å². The van der Waals surface area contributed by atoms with Gasteiger partial charge in [-0.2, -0.15) is 0 Å². The minimum Gasteiger partial charge on any atom is -0.289 e. The fraction of sp³-hybridized carbons (Fsp3) is 0.200. The zero-order chi connectivity index (χ0) is 15.0. The molecule has 0 unspecified atom stereocenters. The van der Waals surface area contributed by atoms with E-state index in [2.05, 4.69) is 4.98 Å². The Morgan fingerprint density at radius 1 is 1.29 bits per heavy atom. The number of benzene rings is 1. The van der Waals surface area contributed by atoms with Gasteiger partial charge in [-0.15, -0.1) is 11.3 Å². The number of nitrogens with zero attached hydrogens (tertiary/aromatic N) is 2. The van der Waals surface area contributed by atoms with Gasteiger partial charge in [-0.3, -0.25) is 9.36 Å². The first-order valence-corrected chi connectivity index (χ1v) is 8.18. The first-order valence-electron chi connectivity index (χ1n) is 6.42. The van der Waals surface area contributed by atoms with Crippen molar-refractivity contribution in [1.82, 2.24) is 9.55 Å². The molecule has 0 radical (unpaired) electrons. The van der Waals surface area contributed by atoms with Gasteiger partial charge < -0.3 is 0 Å². The molecule has 6 heteroatoms. The molecule has 0 saturated heterocycles. The fourth-order valence-electron chi connectivity index (χ4n) is 2.03. The molecule has 1 aromatic carbocycles. The topological polar surface area (TPSA) is 34.9 Å². The molecule has 21 heavy (non-hydrogen) atoms. The quantitative estimate of drug-likeness (QED) is 0.541. The predicted molar refractivity (Wildman–Crippen MR) is 85.5 cm³/mol. The molecule has 108 valence electrons. The Hall–Kier alpha value is -1.66. The van der Waals surface area contributed by atoms with Crippen LogP contribution in [0.25, 0.3) is 10.2 Å². The van der Waals surface area contributed by atoms with Crippen molar-refractivity contribution in [2.45, 2.75) is 17.3 Å². The zero-order valence-electron chi connectivity index (χ0n) is 11.5. The lowest BCUT2D eigenvalue weighted by atomic mass is 10.2. The lowest BCUT2D eigenvalue weighted by Crippen LogP contribution is -2.19. The van der Waals surface area contributed by atoms with Crippen LogP contribution in [0.4, 0.5) is 4.39 Å². The largest absolute Gasteiger partial charge is 0.289 e. The standard InChI is InChI=1S/C15H13FN2OS2/c1-9(10-3-5-11(16)6-4-10)21-15-17-12-7-8-20-13(12)14(19)18(15)2/h3-9H,1-2H3/t9-/m1/s1. The van der Waals surface area contributed by atoms with Crippen LogP contribution in [-0.4, -0.2) is 9.55 Å². The number of halogens is 1. The highest BCUT2D eigenvalue weighted by Crippen LogP contribution is 2.33. The van der Waals surface area contributed by atoms with Gasteiger partial charge >= 0.3 is 0 Å². The molecule has 0 amide bonds. The third-order valence-electron chi connectivity index (χ3n) is 3.27. The summed E-state index contributed by atoms with van der Waals surface area (Å²) in [5, 5.41) is 2.62. The van der Waals surface area contributed by atoms with Crippen molar-refractivity contribution in [1.29, 1.82) is 0 Å². The Kier molecular flexibility index (Phi) is 3.82. The van der Waals surface area contributed by atoms with E-state index in [1.54, 1.807) is 23.7 Å². The van der Waals surface area contributed by atoms with E-state index < -0.39 is 0 Å². The summed E-state index contributed by atoms with van der Waals surface area (Å²) in [6.07, 6.45) is 0. The van der Waals surface area contributed by atoms with Gasteiger partial charge in [0, 0.05) is 12.3 Å². The van der Waals surface area contributed by atoms with E-state index in [0.29, 0.717) is 9.86 Å². The normalized spacial score (nSPS) is 12.7.